The average Bonchev–Trinajstić information content (AvgIpc) is 2.54. The van der Waals surface area contributed by atoms with Crippen molar-refractivity contribution in [2.45, 2.75) is 77.1 Å². The lowest BCUT2D eigenvalue weighted by molar-refractivity contribution is -0.203. The molecule has 2 N–H and O–H groups in total. The van der Waals surface area contributed by atoms with E-state index in [1.54, 1.807) is 6.08 Å². The van der Waals surface area contributed by atoms with E-state index in [1.165, 1.54) is 39.0 Å². The van der Waals surface area contributed by atoms with Gasteiger partial charge >= 0.3 is 5.97 Å². The summed E-state index contributed by atoms with van der Waals surface area (Å²) in [6.45, 7) is 3.50. The van der Waals surface area contributed by atoms with Crippen LogP contribution in [0.3, 0.4) is 0 Å². The van der Waals surface area contributed by atoms with Gasteiger partial charge in [0.15, 0.2) is 6.10 Å². The summed E-state index contributed by atoms with van der Waals surface area (Å²) >= 11 is 0. The third-order valence-electron chi connectivity index (χ3n) is 3.51. The van der Waals surface area contributed by atoms with Crippen molar-refractivity contribution < 1.29 is 19.7 Å². The fourth-order valence-corrected chi connectivity index (χ4v) is 2.26. The number of cyclic esters (lactones) is 1. The van der Waals surface area contributed by atoms with Gasteiger partial charge in [-0.1, -0.05) is 51.5 Å². The van der Waals surface area contributed by atoms with Gasteiger partial charge in [-0.25, -0.2) is 4.79 Å². The molecule has 0 aromatic heterocycles. The van der Waals surface area contributed by atoms with Gasteiger partial charge in [-0.15, -0.1) is 0 Å². The second-order valence-corrected chi connectivity index (χ2v) is 5.42. The molecule has 0 radical (unpaired) electrons. The van der Waals surface area contributed by atoms with Crippen molar-refractivity contribution >= 4 is 5.97 Å². The second-order valence-electron chi connectivity index (χ2n) is 5.42. The van der Waals surface area contributed by atoms with Crippen molar-refractivity contribution in [3.05, 3.63) is 11.6 Å². The number of aliphatic hydroxyl groups excluding tert-OH is 1. The van der Waals surface area contributed by atoms with E-state index in [0.29, 0.717) is 0 Å². The lowest BCUT2D eigenvalue weighted by atomic mass is 10.0. The Hall–Kier alpha value is -0.870. The molecule has 0 saturated carbocycles. The molecule has 1 saturated heterocycles. The predicted molar refractivity (Wildman–Crippen MR) is 73.4 cm³/mol. The first-order valence-corrected chi connectivity index (χ1v) is 7.33. The standard InChI is InChI=1S/C15H26O4/c1-3-4-5-6-7-8-9-10-11-12-13(16)15(2,18)19-14(12)17/h11,13,16,18H,3-10H2,1-2H3/b12-11+/t13-,15-/m1/s1. The van der Waals surface area contributed by atoms with E-state index in [4.69, 9.17) is 4.74 Å². The highest BCUT2D eigenvalue weighted by Crippen LogP contribution is 2.29. The number of aliphatic hydroxyl groups is 2. The van der Waals surface area contributed by atoms with Crippen molar-refractivity contribution in [3.63, 3.8) is 0 Å². The summed E-state index contributed by atoms with van der Waals surface area (Å²) in [5.74, 6) is -2.39. The minimum atomic E-state index is -1.77. The summed E-state index contributed by atoms with van der Waals surface area (Å²) in [5, 5.41) is 19.3. The molecule has 4 heteroatoms. The van der Waals surface area contributed by atoms with Gasteiger partial charge in [-0.05, 0) is 12.8 Å². The zero-order valence-corrected chi connectivity index (χ0v) is 12.0. The van der Waals surface area contributed by atoms with Gasteiger partial charge < -0.3 is 14.9 Å². The number of unbranched alkanes of at least 4 members (excludes halogenated alkanes) is 7. The molecule has 19 heavy (non-hydrogen) atoms. The van der Waals surface area contributed by atoms with Crippen LogP contribution >= 0.6 is 0 Å². The van der Waals surface area contributed by atoms with Gasteiger partial charge in [-0.2, -0.15) is 0 Å². The summed E-state index contributed by atoms with van der Waals surface area (Å²) in [5.41, 5.74) is 0.191. The van der Waals surface area contributed by atoms with Gasteiger partial charge in [0.05, 0.1) is 5.57 Å². The Morgan fingerprint density at radius 3 is 2.32 bits per heavy atom. The number of esters is 1. The molecule has 4 nitrogen and oxygen atoms in total. The van der Waals surface area contributed by atoms with E-state index >= 15 is 0 Å². The first-order chi connectivity index (χ1) is 8.99. The molecule has 2 atom stereocenters. The summed E-state index contributed by atoms with van der Waals surface area (Å²) in [7, 11) is 0. The number of allylic oxidation sites excluding steroid dienone is 1. The molecule has 1 aliphatic heterocycles. The van der Waals surface area contributed by atoms with Crippen LogP contribution < -0.4 is 0 Å². The molecular weight excluding hydrogens is 244 g/mol. The molecular formula is C15H26O4. The van der Waals surface area contributed by atoms with Gasteiger partial charge in [0.2, 0.25) is 5.79 Å². The topological polar surface area (TPSA) is 66.8 Å². The number of hydrogen-bond acceptors (Lipinski definition) is 4. The quantitative estimate of drug-likeness (QED) is 0.404. The lowest BCUT2D eigenvalue weighted by Crippen LogP contribution is -2.35. The molecule has 1 fully saturated rings. The number of carbonyl (C=O) groups is 1. The normalized spacial score (nSPS) is 28.9. The Morgan fingerprint density at radius 1 is 1.21 bits per heavy atom. The highest BCUT2D eigenvalue weighted by molar-refractivity contribution is 5.92. The molecule has 110 valence electrons. The highest BCUT2D eigenvalue weighted by atomic mass is 16.7. The molecule has 1 heterocycles. The van der Waals surface area contributed by atoms with Crippen molar-refractivity contribution in [2.75, 3.05) is 0 Å². The highest BCUT2D eigenvalue weighted by Gasteiger charge is 2.47. The van der Waals surface area contributed by atoms with Gasteiger partial charge in [0.1, 0.15) is 0 Å². The van der Waals surface area contributed by atoms with E-state index < -0.39 is 17.9 Å². The van der Waals surface area contributed by atoms with Crippen LogP contribution in [0.2, 0.25) is 0 Å². The Balaban J connectivity index is 2.21. The van der Waals surface area contributed by atoms with E-state index in [-0.39, 0.29) is 5.57 Å². The first-order valence-electron chi connectivity index (χ1n) is 7.33. The molecule has 0 spiro atoms. The predicted octanol–water partition coefficient (Wildman–Crippen LogP) is 2.68. The molecule has 0 aromatic rings. The Morgan fingerprint density at radius 2 is 1.79 bits per heavy atom. The summed E-state index contributed by atoms with van der Waals surface area (Å²) in [6.07, 6.45) is 9.68. The maximum Gasteiger partial charge on any atom is 0.339 e. The van der Waals surface area contributed by atoms with E-state index in [1.807, 2.05) is 0 Å². The summed E-state index contributed by atoms with van der Waals surface area (Å²) in [4.78, 5) is 11.4. The van der Waals surface area contributed by atoms with Crippen LogP contribution in [0.15, 0.2) is 11.6 Å². The largest absolute Gasteiger partial charge is 0.427 e. The number of carbonyl (C=O) groups excluding carboxylic acids is 1. The van der Waals surface area contributed by atoms with Crippen molar-refractivity contribution in [2.24, 2.45) is 0 Å². The molecule has 0 bridgehead atoms. The second kappa shape index (κ2) is 7.65. The van der Waals surface area contributed by atoms with Gasteiger partial charge in [-0.3, -0.25) is 0 Å². The van der Waals surface area contributed by atoms with Crippen LogP contribution in [0.25, 0.3) is 0 Å². The van der Waals surface area contributed by atoms with Crippen molar-refractivity contribution in [3.8, 4) is 0 Å². The summed E-state index contributed by atoms with van der Waals surface area (Å²) < 4.78 is 4.69. The van der Waals surface area contributed by atoms with Crippen LogP contribution in [-0.2, 0) is 9.53 Å². The zero-order chi connectivity index (χ0) is 14.3. The van der Waals surface area contributed by atoms with Crippen LogP contribution in [0, 0.1) is 0 Å². The molecule has 0 aromatic carbocycles. The molecule has 0 aliphatic carbocycles. The SMILES string of the molecule is CCCCCCCCC/C=C1/C(=O)O[C@@](C)(O)[C@@H]1O. The number of ether oxygens (including phenoxy) is 1. The first kappa shape index (κ1) is 16.2. The van der Waals surface area contributed by atoms with Gasteiger partial charge in [0.25, 0.3) is 0 Å². The zero-order valence-electron chi connectivity index (χ0n) is 12.0. The Kier molecular flexibility index (Phi) is 6.52. The van der Waals surface area contributed by atoms with Crippen LogP contribution in [-0.4, -0.2) is 28.1 Å². The van der Waals surface area contributed by atoms with Crippen molar-refractivity contribution in [1.82, 2.24) is 0 Å². The molecule has 0 amide bonds. The van der Waals surface area contributed by atoms with Crippen LogP contribution in [0.4, 0.5) is 0 Å². The monoisotopic (exact) mass is 270 g/mol. The van der Waals surface area contributed by atoms with Crippen molar-refractivity contribution in [1.29, 1.82) is 0 Å². The lowest BCUT2D eigenvalue weighted by Gasteiger charge is -2.17. The molecule has 1 aliphatic rings. The maximum absolute atomic E-state index is 11.4. The maximum atomic E-state index is 11.4. The van der Waals surface area contributed by atoms with Crippen LogP contribution in [0.1, 0.15) is 65.2 Å². The molecule has 1 rings (SSSR count). The minimum Gasteiger partial charge on any atom is -0.427 e. The average molecular weight is 270 g/mol. The Labute approximate surface area is 115 Å². The molecule has 0 unspecified atom stereocenters. The van der Waals surface area contributed by atoms with Gasteiger partial charge in [0, 0.05) is 6.92 Å². The fourth-order valence-electron chi connectivity index (χ4n) is 2.26. The number of hydrogen-bond donors (Lipinski definition) is 2. The van der Waals surface area contributed by atoms with E-state index in [9.17, 15) is 15.0 Å². The van der Waals surface area contributed by atoms with E-state index in [0.717, 1.165) is 19.3 Å². The van der Waals surface area contributed by atoms with Crippen LogP contribution in [0.5, 0.6) is 0 Å². The minimum absolute atomic E-state index is 0.191. The van der Waals surface area contributed by atoms with E-state index in [2.05, 4.69) is 6.92 Å². The number of rotatable bonds is 8. The Bertz CT molecular complexity index is 320. The smallest absolute Gasteiger partial charge is 0.339 e. The summed E-state index contributed by atoms with van der Waals surface area (Å²) in [6, 6.07) is 0. The fraction of sp³-hybridized carbons (Fsp3) is 0.800. The third kappa shape index (κ3) is 4.96. The third-order valence-corrected chi connectivity index (χ3v) is 3.51.